The van der Waals surface area contributed by atoms with Crippen LogP contribution in [0.25, 0.3) is 0 Å². The summed E-state index contributed by atoms with van der Waals surface area (Å²) in [6.07, 6.45) is -5.21. The molecular weight excluding hydrogens is 197 g/mol. The Morgan fingerprint density at radius 3 is 2.43 bits per heavy atom. The van der Waals surface area contributed by atoms with E-state index in [1.54, 1.807) is 6.92 Å². The molecule has 84 valence electrons. The summed E-state index contributed by atoms with van der Waals surface area (Å²) < 4.78 is 40.0. The fraction of sp³-hybridized carbons (Fsp3) is 0.889. The predicted octanol–water partition coefficient (Wildman–Crippen LogP) is 2.57. The number of Topliss-reactive ketones (excluding diaryl/α,β-unsaturated/α-hetero) is 1. The Bertz CT molecular complexity index is 177. The van der Waals surface area contributed by atoms with Crippen molar-refractivity contribution in [3.8, 4) is 0 Å². The zero-order chi connectivity index (χ0) is 11.2. The average molecular weight is 212 g/mol. The Morgan fingerprint density at radius 2 is 2.00 bits per heavy atom. The van der Waals surface area contributed by atoms with Crippen LogP contribution in [-0.2, 0) is 9.53 Å². The predicted molar refractivity (Wildman–Crippen MR) is 46.0 cm³/mol. The molecule has 0 spiro atoms. The Morgan fingerprint density at radius 1 is 1.43 bits per heavy atom. The van der Waals surface area contributed by atoms with Gasteiger partial charge in [-0.25, -0.2) is 0 Å². The molecule has 0 saturated heterocycles. The van der Waals surface area contributed by atoms with Crippen molar-refractivity contribution in [3.63, 3.8) is 0 Å². The smallest absolute Gasteiger partial charge is 0.385 e. The molecule has 0 N–H and O–H groups in total. The van der Waals surface area contributed by atoms with Gasteiger partial charge in [-0.1, -0.05) is 6.92 Å². The van der Waals surface area contributed by atoms with Crippen molar-refractivity contribution >= 4 is 5.78 Å². The summed E-state index contributed by atoms with van der Waals surface area (Å²) in [7, 11) is 1.49. The van der Waals surface area contributed by atoms with E-state index in [1.807, 2.05) is 0 Å². The minimum Gasteiger partial charge on any atom is -0.385 e. The number of carbonyl (C=O) groups is 1. The van der Waals surface area contributed by atoms with E-state index in [0.29, 0.717) is 13.0 Å². The Kier molecular flexibility index (Phi) is 5.76. The Balaban J connectivity index is 3.73. The minimum absolute atomic E-state index is 0.348. The quantitative estimate of drug-likeness (QED) is 0.676. The van der Waals surface area contributed by atoms with Crippen molar-refractivity contribution in [2.24, 2.45) is 5.92 Å². The number of carbonyl (C=O) groups excluding carboxylic acids is 1. The lowest BCUT2D eigenvalue weighted by Crippen LogP contribution is -2.17. The lowest BCUT2D eigenvalue weighted by atomic mass is 9.99. The second-order valence-corrected chi connectivity index (χ2v) is 3.26. The molecule has 5 heteroatoms. The molecule has 0 aliphatic heterocycles. The molecule has 0 saturated carbocycles. The Hall–Kier alpha value is -0.580. The first-order valence-electron chi connectivity index (χ1n) is 4.45. The van der Waals surface area contributed by atoms with E-state index >= 15 is 0 Å². The van der Waals surface area contributed by atoms with Gasteiger partial charge in [-0.05, 0) is 6.42 Å². The number of ketones is 1. The molecule has 0 amide bonds. The molecule has 0 rings (SSSR count). The first kappa shape index (κ1) is 13.4. The third-order valence-corrected chi connectivity index (χ3v) is 1.96. The molecule has 14 heavy (non-hydrogen) atoms. The molecule has 2 nitrogen and oxygen atoms in total. The van der Waals surface area contributed by atoms with Crippen molar-refractivity contribution in [1.82, 2.24) is 0 Å². The summed E-state index contributed by atoms with van der Waals surface area (Å²) >= 11 is 0. The van der Waals surface area contributed by atoms with Gasteiger partial charge in [0.25, 0.3) is 0 Å². The summed E-state index contributed by atoms with van der Waals surface area (Å²) in [6, 6.07) is 0. The van der Waals surface area contributed by atoms with Crippen LogP contribution in [0.4, 0.5) is 13.2 Å². The van der Waals surface area contributed by atoms with E-state index in [2.05, 4.69) is 0 Å². The van der Waals surface area contributed by atoms with Crippen LogP contribution in [0.1, 0.15) is 26.2 Å². The number of rotatable bonds is 6. The van der Waals surface area contributed by atoms with Crippen LogP contribution in [0.3, 0.4) is 0 Å². The first-order valence-corrected chi connectivity index (χ1v) is 4.45. The van der Waals surface area contributed by atoms with Crippen LogP contribution in [0.15, 0.2) is 0 Å². The SMILES string of the molecule is COCCC(C)C(=O)CCC(F)(F)F. The van der Waals surface area contributed by atoms with E-state index in [9.17, 15) is 18.0 Å². The highest BCUT2D eigenvalue weighted by Crippen LogP contribution is 2.22. The van der Waals surface area contributed by atoms with Crippen LogP contribution < -0.4 is 0 Å². The summed E-state index contributed by atoms with van der Waals surface area (Å²) in [6.45, 7) is 2.02. The van der Waals surface area contributed by atoms with E-state index in [4.69, 9.17) is 4.74 Å². The van der Waals surface area contributed by atoms with E-state index in [0.717, 1.165) is 0 Å². The molecule has 0 fully saturated rings. The lowest BCUT2D eigenvalue weighted by Gasteiger charge is -2.10. The molecule has 0 radical (unpaired) electrons. The number of alkyl halides is 3. The highest BCUT2D eigenvalue weighted by Gasteiger charge is 2.28. The Labute approximate surface area is 81.4 Å². The molecule has 1 atom stereocenters. The molecule has 0 bridgehead atoms. The number of halogens is 3. The standard InChI is InChI=1S/C9H15F3O2/c1-7(4-6-14-2)8(13)3-5-9(10,11)12/h7H,3-6H2,1-2H3. The zero-order valence-corrected chi connectivity index (χ0v) is 8.36. The lowest BCUT2D eigenvalue weighted by molar-refractivity contribution is -0.144. The molecule has 0 aliphatic carbocycles. The van der Waals surface area contributed by atoms with Gasteiger partial charge in [-0.2, -0.15) is 13.2 Å². The third kappa shape index (κ3) is 6.88. The zero-order valence-electron chi connectivity index (χ0n) is 8.36. The second kappa shape index (κ2) is 6.01. The van der Waals surface area contributed by atoms with E-state index < -0.39 is 19.0 Å². The van der Waals surface area contributed by atoms with Crippen LogP contribution in [-0.4, -0.2) is 25.7 Å². The summed E-state index contributed by atoms with van der Waals surface area (Å²) in [5, 5.41) is 0. The molecule has 0 heterocycles. The molecule has 0 aromatic carbocycles. The monoisotopic (exact) mass is 212 g/mol. The van der Waals surface area contributed by atoms with Gasteiger partial charge in [0.05, 0.1) is 6.42 Å². The highest BCUT2D eigenvalue weighted by molar-refractivity contribution is 5.80. The molecule has 0 aromatic heterocycles. The van der Waals surface area contributed by atoms with Gasteiger partial charge in [0.15, 0.2) is 0 Å². The van der Waals surface area contributed by atoms with Crippen LogP contribution in [0.5, 0.6) is 0 Å². The normalized spacial score (nSPS) is 14.1. The van der Waals surface area contributed by atoms with Crippen molar-refractivity contribution in [2.45, 2.75) is 32.4 Å². The van der Waals surface area contributed by atoms with Crippen LogP contribution >= 0.6 is 0 Å². The first-order chi connectivity index (χ1) is 6.37. The molecule has 0 aliphatic rings. The topological polar surface area (TPSA) is 26.3 Å². The molecule has 0 aromatic rings. The fourth-order valence-electron chi connectivity index (χ4n) is 0.967. The van der Waals surface area contributed by atoms with Gasteiger partial charge >= 0.3 is 6.18 Å². The maximum atomic E-state index is 11.8. The number of hydrogen-bond acceptors (Lipinski definition) is 2. The summed E-state index contributed by atoms with van der Waals surface area (Å²) in [4.78, 5) is 11.1. The largest absolute Gasteiger partial charge is 0.389 e. The van der Waals surface area contributed by atoms with Gasteiger partial charge in [0.2, 0.25) is 0 Å². The molecular formula is C9H15F3O2. The summed E-state index contributed by atoms with van der Waals surface area (Å²) in [5.41, 5.74) is 0. The third-order valence-electron chi connectivity index (χ3n) is 1.96. The van der Waals surface area contributed by atoms with Crippen molar-refractivity contribution in [3.05, 3.63) is 0 Å². The maximum Gasteiger partial charge on any atom is 0.389 e. The van der Waals surface area contributed by atoms with Crippen LogP contribution in [0, 0.1) is 5.92 Å². The average Bonchev–Trinajstić information content (AvgIpc) is 2.09. The van der Waals surface area contributed by atoms with Crippen molar-refractivity contribution < 1.29 is 22.7 Å². The number of hydrogen-bond donors (Lipinski definition) is 0. The fourth-order valence-corrected chi connectivity index (χ4v) is 0.967. The minimum atomic E-state index is -4.24. The van der Waals surface area contributed by atoms with Crippen LogP contribution in [0.2, 0.25) is 0 Å². The van der Waals surface area contributed by atoms with Crippen molar-refractivity contribution in [1.29, 1.82) is 0 Å². The van der Waals surface area contributed by atoms with Gasteiger partial charge in [-0.3, -0.25) is 4.79 Å². The van der Waals surface area contributed by atoms with Gasteiger partial charge in [-0.15, -0.1) is 0 Å². The van der Waals surface area contributed by atoms with Crippen molar-refractivity contribution in [2.75, 3.05) is 13.7 Å². The second-order valence-electron chi connectivity index (χ2n) is 3.26. The van der Waals surface area contributed by atoms with Gasteiger partial charge in [0, 0.05) is 26.1 Å². The summed E-state index contributed by atoms with van der Waals surface area (Å²) in [5.74, 6) is -0.698. The van der Waals surface area contributed by atoms with E-state index in [-0.39, 0.29) is 11.7 Å². The van der Waals surface area contributed by atoms with Gasteiger partial charge < -0.3 is 4.74 Å². The number of ether oxygens (including phenoxy) is 1. The van der Waals surface area contributed by atoms with E-state index in [1.165, 1.54) is 7.11 Å². The van der Waals surface area contributed by atoms with Gasteiger partial charge in [0.1, 0.15) is 5.78 Å². The molecule has 1 unspecified atom stereocenters. The maximum absolute atomic E-state index is 11.8. The number of methoxy groups -OCH3 is 1. The highest BCUT2D eigenvalue weighted by atomic mass is 19.4.